The number of rotatable bonds is 2. The zero-order chi connectivity index (χ0) is 9.10. The first-order chi connectivity index (χ1) is 6.34. The first kappa shape index (κ1) is 8.00. The summed E-state index contributed by atoms with van der Waals surface area (Å²) in [7, 11) is 0. The van der Waals surface area contributed by atoms with Crippen molar-refractivity contribution in [1.29, 1.82) is 0 Å². The number of aromatic nitrogens is 2. The molecule has 0 bridgehead atoms. The highest BCUT2D eigenvalue weighted by atomic mass is 32.1. The van der Waals surface area contributed by atoms with Gasteiger partial charge < -0.3 is 11.1 Å². The molecule has 0 fully saturated rings. The first-order valence-electron chi connectivity index (χ1n) is 3.74. The van der Waals surface area contributed by atoms with Crippen LogP contribution in [0.1, 0.15) is 0 Å². The lowest BCUT2D eigenvalue weighted by atomic mass is 10.5. The molecule has 5 heteroatoms. The third-order valence-electron chi connectivity index (χ3n) is 1.46. The molecule has 0 aliphatic rings. The SMILES string of the molecule is Nc1ccc(Nc2cccs2)nn1. The summed E-state index contributed by atoms with van der Waals surface area (Å²) in [4.78, 5) is 0. The zero-order valence-electron chi connectivity index (χ0n) is 6.77. The molecule has 0 spiro atoms. The Kier molecular flexibility index (Phi) is 2.09. The topological polar surface area (TPSA) is 63.8 Å². The van der Waals surface area contributed by atoms with Crippen LogP contribution in [-0.4, -0.2) is 10.2 Å². The maximum Gasteiger partial charge on any atom is 0.153 e. The van der Waals surface area contributed by atoms with E-state index >= 15 is 0 Å². The van der Waals surface area contributed by atoms with Crippen molar-refractivity contribution in [3.63, 3.8) is 0 Å². The van der Waals surface area contributed by atoms with Gasteiger partial charge in [-0.05, 0) is 29.6 Å². The molecule has 2 heterocycles. The van der Waals surface area contributed by atoms with Crippen LogP contribution in [0.4, 0.5) is 16.6 Å². The maximum absolute atomic E-state index is 5.40. The quantitative estimate of drug-likeness (QED) is 0.762. The van der Waals surface area contributed by atoms with E-state index in [1.807, 2.05) is 17.5 Å². The van der Waals surface area contributed by atoms with Gasteiger partial charge in [-0.3, -0.25) is 0 Å². The van der Waals surface area contributed by atoms with Crippen molar-refractivity contribution in [2.45, 2.75) is 0 Å². The monoisotopic (exact) mass is 192 g/mol. The Bertz CT molecular complexity index is 368. The Hall–Kier alpha value is -1.62. The third kappa shape index (κ3) is 1.94. The molecule has 0 saturated heterocycles. The van der Waals surface area contributed by atoms with Gasteiger partial charge in [-0.15, -0.1) is 21.5 Å². The third-order valence-corrected chi connectivity index (χ3v) is 2.24. The van der Waals surface area contributed by atoms with Crippen LogP contribution in [0.3, 0.4) is 0 Å². The summed E-state index contributed by atoms with van der Waals surface area (Å²) in [5.41, 5.74) is 5.40. The van der Waals surface area contributed by atoms with E-state index < -0.39 is 0 Å². The van der Waals surface area contributed by atoms with Crippen molar-refractivity contribution >= 4 is 28.0 Å². The van der Waals surface area contributed by atoms with Gasteiger partial charge in [-0.1, -0.05) is 0 Å². The fourth-order valence-corrected chi connectivity index (χ4v) is 1.51. The highest BCUT2D eigenvalue weighted by Crippen LogP contribution is 2.19. The summed E-state index contributed by atoms with van der Waals surface area (Å²) in [6.45, 7) is 0. The fourth-order valence-electron chi connectivity index (χ4n) is 0.885. The van der Waals surface area contributed by atoms with Gasteiger partial charge in [0.2, 0.25) is 0 Å². The molecule has 0 aliphatic carbocycles. The Morgan fingerprint density at radius 2 is 2.15 bits per heavy atom. The van der Waals surface area contributed by atoms with E-state index in [0.717, 1.165) is 5.00 Å². The second kappa shape index (κ2) is 3.40. The van der Waals surface area contributed by atoms with Gasteiger partial charge in [0.15, 0.2) is 5.82 Å². The minimum absolute atomic E-state index is 0.428. The normalized spacial score (nSPS) is 9.85. The molecule has 0 unspecified atom stereocenters. The molecule has 3 N–H and O–H groups in total. The molecule has 0 atom stereocenters. The second-order valence-electron chi connectivity index (χ2n) is 2.45. The van der Waals surface area contributed by atoms with Gasteiger partial charge in [0.1, 0.15) is 5.82 Å². The molecule has 0 aliphatic heterocycles. The minimum atomic E-state index is 0.428. The molecule has 0 radical (unpaired) electrons. The zero-order valence-corrected chi connectivity index (χ0v) is 7.58. The van der Waals surface area contributed by atoms with Crippen LogP contribution >= 0.6 is 11.3 Å². The standard InChI is InChI=1S/C8H8N4S/c9-6-3-4-7(12-11-6)10-8-2-1-5-13-8/h1-5H,(H2,9,11)(H,10,12). The Labute approximate surface area is 79.4 Å². The van der Waals surface area contributed by atoms with Crippen LogP contribution in [0.5, 0.6) is 0 Å². The average Bonchev–Trinajstić information content (AvgIpc) is 2.62. The van der Waals surface area contributed by atoms with E-state index in [9.17, 15) is 0 Å². The van der Waals surface area contributed by atoms with E-state index in [1.165, 1.54) is 0 Å². The number of anilines is 3. The van der Waals surface area contributed by atoms with Crippen molar-refractivity contribution in [2.75, 3.05) is 11.1 Å². The van der Waals surface area contributed by atoms with Crippen LogP contribution < -0.4 is 11.1 Å². The van der Waals surface area contributed by atoms with Gasteiger partial charge in [0.25, 0.3) is 0 Å². The number of nitrogens with two attached hydrogens (primary N) is 1. The number of nitrogens with one attached hydrogen (secondary N) is 1. The molecule has 0 saturated carbocycles. The van der Waals surface area contributed by atoms with Gasteiger partial charge >= 0.3 is 0 Å². The van der Waals surface area contributed by atoms with Crippen LogP contribution in [-0.2, 0) is 0 Å². The number of nitrogen functional groups attached to an aromatic ring is 1. The van der Waals surface area contributed by atoms with Crippen molar-refractivity contribution < 1.29 is 0 Å². The van der Waals surface area contributed by atoms with E-state index in [4.69, 9.17) is 5.73 Å². The number of thiophene rings is 1. The van der Waals surface area contributed by atoms with Crippen molar-refractivity contribution in [1.82, 2.24) is 10.2 Å². The molecule has 66 valence electrons. The fraction of sp³-hybridized carbons (Fsp3) is 0. The first-order valence-corrected chi connectivity index (χ1v) is 4.62. The van der Waals surface area contributed by atoms with Crippen LogP contribution in [0, 0.1) is 0 Å². The lowest BCUT2D eigenvalue weighted by Gasteiger charge is -2.00. The van der Waals surface area contributed by atoms with E-state index in [-0.39, 0.29) is 0 Å². The number of hydrogen-bond acceptors (Lipinski definition) is 5. The lowest BCUT2D eigenvalue weighted by Crippen LogP contribution is -1.96. The summed E-state index contributed by atoms with van der Waals surface area (Å²) >= 11 is 1.61. The average molecular weight is 192 g/mol. The summed E-state index contributed by atoms with van der Waals surface area (Å²) in [6.07, 6.45) is 0. The van der Waals surface area contributed by atoms with Crippen LogP contribution in [0.2, 0.25) is 0 Å². The predicted molar refractivity (Wildman–Crippen MR) is 54.0 cm³/mol. The van der Waals surface area contributed by atoms with Crippen molar-refractivity contribution in [2.24, 2.45) is 0 Å². The molecular weight excluding hydrogens is 184 g/mol. The lowest BCUT2D eigenvalue weighted by molar-refractivity contribution is 1.05. The van der Waals surface area contributed by atoms with Gasteiger partial charge in [0.05, 0.1) is 5.00 Å². The molecular formula is C8H8N4S. The van der Waals surface area contributed by atoms with Gasteiger partial charge in [0, 0.05) is 0 Å². The van der Waals surface area contributed by atoms with Crippen molar-refractivity contribution in [3.05, 3.63) is 29.6 Å². The smallest absolute Gasteiger partial charge is 0.153 e. The molecule has 0 aromatic carbocycles. The summed E-state index contributed by atoms with van der Waals surface area (Å²) in [5, 5.41) is 13.7. The molecule has 2 aromatic heterocycles. The molecule has 2 rings (SSSR count). The largest absolute Gasteiger partial charge is 0.382 e. The van der Waals surface area contributed by atoms with Crippen LogP contribution in [0.15, 0.2) is 29.6 Å². The highest BCUT2D eigenvalue weighted by Gasteiger charge is 1.96. The summed E-state index contributed by atoms with van der Waals surface area (Å²) in [6, 6.07) is 7.45. The minimum Gasteiger partial charge on any atom is -0.382 e. The number of nitrogens with zero attached hydrogens (tertiary/aromatic N) is 2. The summed E-state index contributed by atoms with van der Waals surface area (Å²) < 4.78 is 0. The Morgan fingerprint density at radius 3 is 2.77 bits per heavy atom. The Morgan fingerprint density at radius 1 is 1.23 bits per heavy atom. The van der Waals surface area contributed by atoms with Gasteiger partial charge in [-0.2, -0.15) is 0 Å². The molecule has 2 aromatic rings. The van der Waals surface area contributed by atoms with E-state index in [2.05, 4.69) is 15.5 Å². The van der Waals surface area contributed by atoms with Crippen LogP contribution in [0.25, 0.3) is 0 Å². The van der Waals surface area contributed by atoms with Gasteiger partial charge in [-0.25, -0.2) is 0 Å². The van der Waals surface area contributed by atoms with E-state index in [0.29, 0.717) is 11.6 Å². The number of hydrogen-bond donors (Lipinski definition) is 2. The molecule has 0 amide bonds. The predicted octanol–water partition coefficient (Wildman–Crippen LogP) is 1.86. The maximum atomic E-state index is 5.40. The molecule has 4 nitrogen and oxygen atoms in total. The summed E-state index contributed by atoms with van der Waals surface area (Å²) in [5.74, 6) is 1.13. The van der Waals surface area contributed by atoms with Crippen molar-refractivity contribution in [3.8, 4) is 0 Å². The Balaban J connectivity index is 2.15. The highest BCUT2D eigenvalue weighted by molar-refractivity contribution is 7.14. The molecule has 13 heavy (non-hydrogen) atoms. The second-order valence-corrected chi connectivity index (χ2v) is 3.39. The van der Waals surface area contributed by atoms with E-state index in [1.54, 1.807) is 23.5 Å².